The second kappa shape index (κ2) is 7.14. The lowest BCUT2D eigenvalue weighted by Crippen LogP contribution is -2.30. The lowest BCUT2D eigenvalue weighted by Gasteiger charge is -2.12. The van der Waals surface area contributed by atoms with E-state index in [1.165, 1.54) is 12.1 Å². The fourth-order valence-corrected chi connectivity index (χ4v) is 3.23. The Bertz CT molecular complexity index is 1030. The molecule has 0 spiro atoms. The Labute approximate surface area is 161 Å². The second-order valence-electron chi connectivity index (χ2n) is 7.34. The molecule has 0 unspecified atom stereocenters. The van der Waals surface area contributed by atoms with Crippen LogP contribution in [0, 0.1) is 5.82 Å². The number of hydrogen-bond acceptors (Lipinski definition) is 3. The molecule has 4 rings (SSSR count). The normalized spacial score (nSPS) is 13.9. The Hall–Kier alpha value is -3.09. The van der Waals surface area contributed by atoms with E-state index in [4.69, 9.17) is 4.74 Å². The second-order valence-corrected chi connectivity index (χ2v) is 7.34. The van der Waals surface area contributed by atoms with Gasteiger partial charge in [0.1, 0.15) is 18.1 Å². The smallest absolute Gasteiger partial charge is 0.355 e. The topological polar surface area (TPSA) is 65.3 Å². The highest BCUT2D eigenvalue weighted by Crippen LogP contribution is 2.26. The molecule has 1 aliphatic rings. The first-order valence-corrected chi connectivity index (χ1v) is 9.39. The van der Waals surface area contributed by atoms with Crippen LogP contribution in [-0.2, 0) is 16.1 Å². The zero-order valence-electron chi connectivity index (χ0n) is 15.8. The number of carbonyl (C=O) groups is 2. The van der Waals surface area contributed by atoms with E-state index in [9.17, 15) is 14.0 Å². The van der Waals surface area contributed by atoms with Gasteiger partial charge in [0.05, 0.1) is 17.1 Å². The van der Waals surface area contributed by atoms with Crippen molar-refractivity contribution in [2.45, 2.75) is 45.4 Å². The van der Waals surface area contributed by atoms with Gasteiger partial charge in [0, 0.05) is 17.9 Å². The van der Waals surface area contributed by atoms with Gasteiger partial charge in [0.25, 0.3) is 0 Å². The maximum atomic E-state index is 13.3. The number of aromatic nitrogens is 2. The summed E-state index contributed by atoms with van der Waals surface area (Å²) in [7, 11) is 0. The molecule has 1 aliphatic carbocycles. The summed E-state index contributed by atoms with van der Waals surface area (Å²) < 4.78 is 22.2. The van der Waals surface area contributed by atoms with E-state index in [0.717, 1.165) is 29.6 Å². The summed E-state index contributed by atoms with van der Waals surface area (Å²) in [5.41, 5.74) is 2.58. The Morgan fingerprint density at radius 3 is 2.54 bits per heavy atom. The van der Waals surface area contributed by atoms with Gasteiger partial charge in [-0.1, -0.05) is 0 Å². The van der Waals surface area contributed by atoms with Crippen molar-refractivity contribution in [1.82, 2.24) is 14.5 Å². The molecule has 0 aliphatic heterocycles. The molecule has 2 aromatic heterocycles. The summed E-state index contributed by atoms with van der Waals surface area (Å²) >= 11 is 0. The van der Waals surface area contributed by atoms with Gasteiger partial charge >= 0.3 is 5.97 Å². The van der Waals surface area contributed by atoms with Crippen LogP contribution in [0.3, 0.4) is 0 Å². The number of benzene rings is 1. The van der Waals surface area contributed by atoms with Crippen LogP contribution in [0.5, 0.6) is 0 Å². The molecule has 0 saturated heterocycles. The molecule has 1 N–H and O–H groups in total. The number of carbonyl (C=O) groups excluding carboxylic acids is 2. The summed E-state index contributed by atoms with van der Waals surface area (Å²) in [6.07, 6.45) is 3.56. The first-order valence-electron chi connectivity index (χ1n) is 9.39. The van der Waals surface area contributed by atoms with Crippen molar-refractivity contribution in [2.24, 2.45) is 0 Å². The van der Waals surface area contributed by atoms with Gasteiger partial charge in [-0.3, -0.25) is 4.79 Å². The van der Waals surface area contributed by atoms with Crippen molar-refractivity contribution in [3.05, 3.63) is 54.1 Å². The van der Waals surface area contributed by atoms with Crippen molar-refractivity contribution in [2.75, 3.05) is 0 Å². The summed E-state index contributed by atoms with van der Waals surface area (Å²) in [4.78, 5) is 25.0. The number of nitrogens with one attached hydrogen (secondary N) is 1. The van der Waals surface area contributed by atoms with E-state index in [2.05, 4.69) is 5.32 Å². The van der Waals surface area contributed by atoms with E-state index < -0.39 is 5.97 Å². The van der Waals surface area contributed by atoms with Crippen molar-refractivity contribution >= 4 is 22.9 Å². The summed E-state index contributed by atoms with van der Waals surface area (Å²) in [5.74, 6) is -0.924. The van der Waals surface area contributed by atoms with Gasteiger partial charge in [0.15, 0.2) is 0 Å². The zero-order chi connectivity index (χ0) is 19.8. The van der Waals surface area contributed by atoms with Crippen molar-refractivity contribution < 1.29 is 18.7 Å². The van der Waals surface area contributed by atoms with Gasteiger partial charge < -0.3 is 19.2 Å². The molecule has 2 heterocycles. The van der Waals surface area contributed by atoms with Crippen LogP contribution >= 0.6 is 0 Å². The summed E-state index contributed by atoms with van der Waals surface area (Å²) in [6, 6.07) is 9.90. The Balaban J connectivity index is 1.75. The van der Waals surface area contributed by atoms with Gasteiger partial charge in [0.2, 0.25) is 5.91 Å². The van der Waals surface area contributed by atoms with Crippen molar-refractivity contribution in [1.29, 1.82) is 0 Å². The quantitative estimate of drug-likeness (QED) is 0.664. The van der Waals surface area contributed by atoms with Gasteiger partial charge in [-0.2, -0.15) is 0 Å². The minimum Gasteiger partial charge on any atom is -0.458 e. The highest BCUT2D eigenvalue weighted by Gasteiger charge is 2.26. The molecular weight excluding hydrogens is 361 g/mol. The van der Waals surface area contributed by atoms with E-state index >= 15 is 0 Å². The van der Waals surface area contributed by atoms with E-state index in [0.29, 0.717) is 5.69 Å². The fourth-order valence-electron chi connectivity index (χ4n) is 3.23. The monoisotopic (exact) mass is 383 g/mol. The van der Waals surface area contributed by atoms with Crippen LogP contribution in [0.25, 0.3) is 16.7 Å². The molecule has 0 atom stereocenters. The molecule has 0 bridgehead atoms. The maximum Gasteiger partial charge on any atom is 0.355 e. The molecule has 6 nitrogen and oxygen atoms in total. The summed E-state index contributed by atoms with van der Waals surface area (Å²) in [6.45, 7) is 3.60. The van der Waals surface area contributed by atoms with Crippen LogP contribution in [0.1, 0.15) is 37.2 Å². The molecule has 3 aromatic rings. The molecule has 7 heteroatoms. The molecule has 146 valence electrons. The molecule has 0 radical (unpaired) electrons. The molecule has 28 heavy (non-hydrogen) atoms. The van der Waals surface area contributed by atoms with Gasteiger partial charge in [-0.15, -0.1) is 0 Å². The number of amides is 1. The third kappa shape index (κ3) is 3.65. The highest BCUT2D eigenvalue weighted by atomic mass is 19.1. The van der Waals surface area contributed by atoms with Crippen LogP contribution in [0.2, 0.25) is 0 Å². The molecule has 1 amide bonds. The Morgan fingerprint density at radius 2 is 1.89 bits per heavy atom. The zero-order valence-corrected chi connectivity index (χ0v) is 15.8. The Kier molecular flexibility index (Phi) is 4.66. The minimum atomic E-state index is -0.476. The fraction of sp³-hybridized carbons (Fsp3) is 0.333. The van der Waals surface area contributed by atoms with E-state index in [-0.39, 0.29) is 30.4 Å². The lowest BCUT2D eigenvalue weighted by atomic mass is 10.3. The van der Waals surface area contributed by atoms with Gasteiger partial charge in [-0.25, -0.2) is 9.18 Å². The number of fused-ring (bicyclic) bond motifs is 1. The third-order valence-corrected chi connectivity index (χ3v) is 4.66. The Morgan fingerprint density at radius 1 is 1.18 bits per heavy atom. The molecule has 1 aromatic carbocycles. The first-order chi connectivity index (χ1) is 13.4. The number of ether oxygens (including phenoxy) is 1. The predicted molar refractivity (Wildman–Crippen MR) is 103 cm³/mol. The molecule has 1 saturated carbocycles. The lowest BCUT2D eigenvalue weighted by molar-refractivity contribution is -0.121. The standard InChI is InChI=1S/C21H22FN3O3/c1-13(2)28-21(27)19-11-18-17(25(19)12-20(26)23-15-5-6-15)9-10-24(18)16-7-3-14(22)4-8-16/h3-4,7-11,13,15H,5-6,12H2,1-2H3,(H,23,26). The summed E-state index contributed by atoms with van der Waals surface area (Å²) in [5, 5.41) is 2.95. The molecular formula is C21H22FN3O3. The van der Waals surface area contributed by atoms with Crippen LogP contribution in [-0.4, -0.2) is 33.2 Å². The average Bonchev–Trinajstić information content (AvgIpc) is 3.23. The average molecular weight is 383 g/mol. The highest BCUT2D eigenvalue weighted by molar-refractivity contribution is 5.96. The predicted octanol–water partition coefficient (Wildman–Crippen LogP) is 3.41. The van der Waals surface area contributed by atoms with Gasteiger partial charge in [-0.05, 0) is 63.1 Å². The maximum absolute atomic E-state index is 13.3. The van der Waals surface area contributed by atoms with E-state index in [1.807, 2.05) is 16.8 Å². The molecule has 1 fully saturated rings. The van der Waals surface area contributed by atoms with E-state index in [1.54, 1.807) is 36.6 Å². The number of esters is 1. The first kappa shape index (κ1) is 18.3. The van der Waals surface area contributed by atoms with Crippen LogP contribution in [0.15, 0.2) is 42.6 Å². The number of halogens is 1. The largest absolute Gasteiger partial charge is 0.458 e. The van der Waals surface area contributed by atoms with Crippen LogP contribution in [0.4, 0.5) is 4.39 Å². The third-order valence-electron chi connectivity index (χ3n) is 4.66. The van der Waals surface area contributed by atoms with Crippen LogP contribution < -0.4 is 5.32 Å². The number of nitrogens with zero attached hydrogens (tertiary/aromatic N) is 2. The van der Waals surface area contributed by atoms with Crippen molar-refractivity contribution in [3.63, 3.8) is 0 Å². The van der Waals surface area contributed by atoms with Crippen molar-refractivity contribution in [3.8, 4) is 5.69 Å². The SMILES string of the molecule is CC(C)OC(=O)c1cc2c(ccn2-c2ccc(F)cc2)n1CC(=O)NC1CC1. The minimum absolute atomic E-state index is 0.0377. The number of hydrogen-bond donors (Lipinski definition) is 1. The number of rotatable bonds is 6.